The molecule has 0 unspecified atom stereocenters. The van der Waals surface area contributed by atoms with Gasteiger partial charge in [-0.2, -0.15) is 5.10 Å². The van der Waals surface area contributed by atoms with Crippen LogP contribution in [0.5, 0.6) is 0 Å². The third kappa shape index (κ3) is 5.56. The summed E-state index contributed by atoms with van der Waals surface area (Å²) >= 11 is 0. The quantitative estimate of drug-likeness (QED) is 0.393. The topological polar surface area (TPSA) is 84.2 Å². The average Bonchev–Trinajstić information content (AvgIpc) is 3.26. The van der Waals surface area contributed by atoms with E-state index in [0.29, 0.717) is 35.6 Å². The van der Waals surface area contributed by atoms with Crippen molar-refractivity contribution >= 4 is 11.9 Å². The fourth-order valence-electron chi connectivity index (χ4n) is 3.70. The number of carboxylic acid groups (broad SMARTS) is 1. The molecule has 7 heteroatoms. The van der Waals surface area contributed by atoms with Gasteiger partial charge in [-0.3, -0.25) is 4.79 Å². The minimum atomic E-state index is -1.02. The molecule has 1 heterocycles. The van der Waals surface area contributed by atoms with E-state index in [0.717, 1.165) is 11.1 Å². The van der Waals surface area contributed by atoms with Crippen LogP contribution >= 0.6 is 0 Å². The molecule has 1 aromatic heterocycles. The second kappa shape index (κ2) is 10.1. The maximum atomic E-state index is 13.9. The Labute approximate surface area is 196 Å². The summed E-state index contributed by atoms with van der Waals surface area (Å²) in [4.78, 5) is 23.6. The predicted molar refractivity (Wildman–Crippen MR) is 127 cm³/mol. The van der Waals surface area contributed by atoms with Crippen molar-refractivity contribution in [1.29, 1.82) is 0 Å². The zero-order chi connectivity index (χ0) is 24.1. The molecule has 1 amide bonds. The number of carbonyl (C=O) groups excluding carboxylic acids is 1. The molecule has 0 saturated heterocycles. The summed E-state index contributed by atoms with van der Waals surface area (Å²) in [5.74, 6) is -1.48. The van der Waals surface area contributed by atoms with Crippen LogP contribution in [0.15, 0.2) is 78.9 Å². The lowest BCUT2D eigenvalue weighted by molar-refractivity contribution is -0.121. The lowest BCUT2D eigenvalue weighted by Gasteiger charge is -2.08. The molecule has 0 aliphatic rings. The van der Waals surface area contributed by atoms with E-state index in [1.54, 1.807) is 28.9 Å². The molecular formula is C27H24FN3O3. The summed E-state index contributed by atoms with van der Waals surface area (Å²) in [5.41, 5.74) is 4.93. The number of nitrogens with zero attached hydrogens (tertiary/aromatic N) is 2. The Morgan fingerprint density at radius 1 is 1.00 bits per heavy atom. The average molecular weight is 458 g/mol. The highest BCUT2D eigenvalue weighted by atomic mass is 19.1. The van der Waals surface area contributed by atoms with E-state index >= 15 is 0 Å². The maximum absolute atomic E-state index is 13.9. The monoisotopic (exact) mass is 457 g/mol. The van der Waals surface area contributed by atoms with Crippen LogP contribution in [0.4, 0.5) is 4.39 Å². The van der Waals surface area contributed by atoms with Crippen LogP contribution in [0.25, 0.3) is 16.9 Å². The van der Waals surface area contributed by atoms with Gasteiger partial charge < -0.3 is 10.4 Å². The summed E-state index contributed by atoms with van der Waals surface area (Å²) < 4.78 is 15.5. The number of rotatable bonds is 8. The Morgan fingerprint density at radius 2 is 1.76 bits per heavy atom. The van der Waals surface area contributed by atoms with Crippen molar-refractivity contribution in [2.24, 2.45) is 0 Å². The van der Waals surface area contributed by atoms with Crippen molar-refractivity contribution in [3.8, 4) is 16.9 Å². The van der Waals surface area contributed by atoms with Gasteiger partial charge in [-0.25, -0.2) is 13.9 Å². The lowest BCUT2D eigenvalue weighted by Crippen LogP contribution is -2.23. The zero-order valence-electron chi connectivity index (χ0n) is 18.7. The van der Waals surface area contributed by atoms with Gasteiger partial charge in [0.25, 0.3) is 0 Å². The number of amides is 1. The van der Waals surface area contributed by atoms with E-state index in [1.807, 2.05) is 37.3 Å². The summed E-state index contributed by atoms with van der Waals surface area (Å²) in [6.07, 6.45) is 0.658. The molecule has 34 heavy (non-hydrogen) atoms. The number of aromatic carboxylic acids is 1. The van der Waals surface area contributed by atoms with Crippen LogP contribution in [-0.4, -0.2) is 26.8 Å². The van der Waals surface area contributed by atoms with E-state index < -0.39 is 5.97 Å². The molecule has 4 aromatic rings. The van der Waals surface area contributed by atoms with Crippen LogP contribution < -0.4 is 5.32 Å². The molecule has 0 spiro atoms. The number of benzene rings is 3. The van der Waals surface area contributed by atoms with Crippen molar-refractivity contribution in [2.75, 3.05) is 0 Å². The minimum Gasteiger partial charge on any atom is -0.478 e. The highest BCUT2D eigenvalue weighted by molar-refractivity contribution is 5.87. The zero-order valence-corrected chi connectivity index (χ0v) is 18.7. The van der Waals surface area contributed by atoms with Crippen LogP contribution in [0.3, 0.4) is 0 Å². The summed E-state index contributed by atoms with van der Waals surface area (Å²) in [6.45, 7) is 2.46. The normalized spacial score (nSPS) is 10.8. The Hall–Kier alpha value is -4.26. The van der Waals surface area contributed by atoms with Crippen LogP contribution in [-0.2, 0) is 17.8 Å². The molecule has 6 nitrogen and oxygen atoms in total. The van der Waals surface area contributed by atoms with Gasteiger partial charge in [-0.05, 0) is 55.0 Å². The summed E-state index contributed by atoms with van der Waals surface area (Å²) in [5, 5.41) is 16.7. The van der Waals surface area contributed by atoms with Crippen molar-refractivity contribution in [3.63, 3.8) is 0 Å². The molecule has 2 N–H and O–H groups in total. The number of carbonyl (C=O) groups is 2. The standard InChI is InChI=1S/C27H24FN3O3/c1-18-4-2-5-19(14-18)17-29-26(32)13-10-23-16-25(21-6-3-7-22(28)15-21)31(30-23)24-11-8-20(9-12-24)27(33)34/h2-9,11-12,14-16H,10,13,17H2,1H3,(H,29,32)(H,33,34). The first-order valence-electron chi connectivity index (χ1n) is 10.9. The molecule has 3 aromatic carbocycles. The number of aryl methyl sites for hydroxylation is 2. The van der Waals surface area contributed by atoms with E-state index in [-0.39, 0.29) is 23.7 Å². The first kappa shape index (κ1) is 22.9. The van der Waals surface area contributed by atoms with Crippen LogP contribution in [0.1, 0.15) is 33.6 Å². The third-order valence-corrected chi connectivity index (χ3v) is 5.42. The van der Waals surface area contributed by atoms with Crippen molar-refractivity contribution < 1.29 is 19.1 Å². The van der Waals surface area contributed by atoms with Gasteiger partial charge in [-0.1, -0.05) is 42.0 Å². The van der Waals surface area contributed by atoms with E-state index in [4.69, 9.17) is 5.11 Å². The van der Waals surface area contributed by atoms with E-state index in [2.05, 4.69) is 10.4 Å². The Bertz CT molecular complexity index is 1330. The highest BCUT2D eigenvalue weighted by Gasteiger charge is 2.14. The highest BCUT2D eigenvalue weighted by Crippen LogP contribution is 2.25. The summed E-state index contributed by atoms with van der Waals surface area (Å²) in [7, 11) is 0. The molecule has 0 radical (unpaired) electrons. The largest absolute Gasteiger partial charge is 0.478 e. The molecule has 0 saturated carbocycles. The molecule has 172 valence electrons. The third-order valence-electron chi connectivity index (χ3n) is 5.42. The van der Waals surface area contributed by atoms with Gasteiger partial charge in [-0.15, -0.1) is 0 Å². The fraction of sp³-hybridized carbons (Fsp3) is 0.148. The molecule has 0 aliphatic carbocycles. The number of nitrogens with one attached hydrogen (secondary N) is 1. The molecule has 0 bridgehead atoms. The van der Waals surface area contributed by atoms with Crippen molar-refractivity contribution in [3.05, 3.63) is 107 Å². The first-order chi connectivity index (χ1) is 16.4. The molecule has 0 fully saturated rings. The molecule has 4 rings (SSSR count). The molecular weight excluding hydrogens is 433 g/mol. The van der Waals surface area contributed by atoms with Gasteiger partial charge in [0.05, 0.1) is 22.6 Å². The van der Waals surface area contributed by atoms with Gasteiger partial charge in [0, 0.05) is 24.9 Å². The fourth-order valence-corrected chi connectivity index (χ4v) is 3.70. The van der Waals surface area contributed by atoms with Crippen molar-refractivity contribution in [2.45, 2.75) is 26.3 Å². The van der Waals surface area contributed by atoms with E-state index in [9.17, 15) is 14.0 Å². The smallest absolute Gasteiger partial charge is 0.335 e. The molecule has 0 atom stereocenters. The first-order valence-corrected chi connectivity index (χ1v) is 10.9. The lowest BCUT2D eigenvalue weighted by atomic mass is 10.1. The second-order valence-electron chi connectivity index (χ2n) is 8.06. The van der Waals surface area contributed by atoms with Gasteiger partial charge >= 0.3 is 5.97 Å². The van der Waals surface area contributed by atoms with Gasteiger partial charge in [0.2, 0.25) is 5.91 Å². The maximum Gasteiger partial charge on any atom is 0.335 e. The number of hydrogen-bond donors (Lipinski definition) is 2. The van der Waals surface area contributed by atoms with Gasteiger partial charge in [0.15, 0.2) is 0 Å². The van der Waals surface area contributed by atoms with E-state index in [1.165, 1.54) is 24.3 Å². The molecule has 0 aliphatic heterocycles. The number of carboxylic acids is 1. The number of aromatic nitrogens is 2. The SMILES string of the molecule is Cc1cccc(CNC(=O)CCc2cc(-c3cccc(F)c3)n(-c3ccc(C(=O)O)cc3)n2)c1. The number of halogens is 1. The van der Waals surface area contributed by atoms with Crippen LogP contribution in [0.2, 0.25) is 0 Å². The number of hydrogen-bond acceptors (Lipinski definition) is 3. The minimum absolute atomic E-state index is 0.0887. The van der Waals surface area contributed by atoms with Crippen molar-refractivity contribution in [1.82, 2.24) is 15.1 Å². The Kier molecular flexibility index (Phi) is 6.82. The predicted octanol–water partition coefficient (Wildman–Crippen LogP) is 4.93. The Morgan fingerprint density at radius 3 is 2.47 bits per heavy atom. The second-order valence-corrected chi connectivity index (χ2v) is 8.06. The summed E-state index contributed by atoms with van der Waals surface area (Å²) in [6, 6.07) is 22.3. The Balaban J connectivity index is 1.53. The van der Waals surface area contributed by atoms with Crippen LogP contribution in [0, 0.1) is 12.7 Å². The van der Waals surface area contributed by atoms with Gasteiger partial charge in [0.1, 0.15) is 5.82 Å².